The Kier molecular flexibility index (Phi) is 4.87. The van der Waals surface area contributed by atoms with Gasteiger partial charge in [-0.3, -0.25) is 0 Å². The van der Waals surface area contributed by atoms with Gasteiger partial charge in [0.15, 0.2) is 6.23 Å². The van der Waals surface area contributed by atoms with Crippen LogP contribution in [0.15, 0.2) is 29.2 Å². The van der Waals surface area contributed by atoms with Gasteiger partial charge < -0.3 is 25.6 Å². The fourth-order valence-corrected chi connectivity index (χ4v) is 3.48. The molecule has 0 aromatic heterocycles. The third-order valence-corrected chi connectivity index (χ3v) is 5.38. The lowest BCUT2D eigenvalue weighted by molar-refractivity contribution is -0.0580. The van der Waals surface area contributed by atoms with Crippen LogP contribution in [0.2, 0.25) is 0 Å². The summed E-state index contributed by atoms with van der Waals surface area (Å²) in [6, 6.07) is 0. The molecular formula is C15H26N3O3P. The zero-order chi connectivity index (χ0) is 16.7. The van der Waals surface area contributed by atoms with Gasteiger partial charge in [0, 0.05) is 11.8 Å². The molecule has 22 heavy (non-hydrogen) atoms. The molecule has 2 heterocycles. The van der Waals surface area contributed by atoms with Crippen LogP contribution < -0.4 is 5.73 Å². The summed E-state index contributed by atoms with van der Waals surface area (Å²) in [5.41, 5.74) is 6.52. The molecule has 0 bridgehead atoms. The van der Waals surface area contributed by atoms with Gasteiger partial charge >= 0.3 is 0 Å². The van der Waals surface area contributed by atoms with Crippen molar-refractivity contribution in [1.29, 1.82) is 0 Å². The molecule has 6 nitrogen and oxygen atoms in total. The summed E-state index contributed by atoms with van der Waals surface area (Å²) in [5.74, 6) is 0.791. The van der Waals surface area contributed by atoms with E-state index in [1.807, 2.05) is 6.92 Å². The molecule has 0 aromatic rings. The van der Waals surface area contributed by atoms with E-state index in [1.165, 1.54) is 0 Å². The Labute approximate surface area is 131 Å². The van der Waals surface area contributed by atoms with Gasteiger partial charge in [0.05, 0.1) is 6.10 Å². The molecule has 0 spiro atoms. The zero-order valence-corrected chi connectivity index (χ0v) is 14.3. The molecule has 124 valence electrons. The van der Waals surface area contributed by atoms with E-state index in [2.05, 4.69) is 31.2 Å². The summed E-state index contributed by atoms with van der Waals surface area (Å²) in [7, 11) is 0. The number of nitrogens with two attached hydrogens (primary N) is 1. The van der Waals surface area contributed by atoms with E-state index in [4.69, 9.17) is 10.5 Å². The van der Waals surface area contributed by atoms with Gasteiger partial charge in [0.25, 0.3) is 0 Å². The van der Waals surface area contributed by atoms with E-state index >= 15 is 0 Å². The van der Waals surface area contributed by atoms with Crippen molar-refractivity contribution in [3.63, 3.8) is 0 Å². The Morgan fingerprint density at radius 2 is 2.05 bits per heavy atom. The predicted molar refractivity (Wildman–Crippen MR) is 92.4 cm³/mol. The zero-order valence-electron chi connectivity index (χ0n) is 13.4. The summed E-state index contributed by atoms with van der Waals surface area (Å²) in [4.78, 5) is 5.77. The average molecular weight is 327 g/mol. The fourth-order valence-electron chi connectivity index (χ4n) is 2.53. The molecule has 4 N–H and O–H groups in total. The van der Waals surface area contributed by atoms with Crippen molar-refractivity contribution in [2.45, 2.75) is 37.9 Å². The summed E-state index contributed by atoms with van der Waals surface area (Å²) in [5, 5.41) is 20.5. The van der Waals surface area contributed by atoms with Crippen molar-refractivity contribution in [3.05, 3.63) is 24.2 Å². The Bertz CT molecular complexity index is 566. The first kappa shape index (κ1) is 17.3. The molecule has 4 atom stereocenters. The number of aliphatic hydroxyl groups is 2. The molecule has 1 unspecified atom stereocenters. The van der Waals surface area contributed by atoms with E-state index in [-0.39, 0.29) is 0 Å². The van der Waals surface area contributed by atoms with Crippen molar-refractivity contribution in [3.8, 4) is 0 Å². The second kappa shape index (κ2) is 6.20. The van der Waals surface area contributed by atoms with Gasteiger partial charge in [-0.05, 0) is 32.8 Å². The van der Waals surface area contributed by atoms with Gasteiger partial charge in [-0.15, -0.1) is 13.2 Å². The van der Waals surface area contributed by atoms with Crippen molar-refractivity contribution in [1.82, 2.24) is 4.90 Å². The normalized spacial score (nSPS) is 33.0. The maximum atomic E-state index is 10.3. The highest BCUT2D eigenvalue weighted by Crippen LogP contribution is 2.38. The maximum Gasteiger partial charge on any atom is 0.164 e. The number of hydrogen-bond donors (Lipinski definition) is 3. The SMILES string of the molecule is C=C1N=C(N)C(C)=CN1[C@@H]1OC(CCP(=C)(C)C)[C@@H](O)[C@H]1O. The molecule has 1 saturated heterocycles. The Morgan fingerprint density at radius 3 is 2.64 bits per heavy atom. The van der Waals surface area contributed by atoms with Crippen molar-refractivity contribution < 1.29 is 14.9 Å². The highest BCUT2D eigenvalue weighted by atomic mass is 31.2. The van der Waals surface area contributed by atoms with Crippen LogP contribution in [-0.4, -0.2) is 71.3 Å². The first-order valence-corrected chi connectivity index (χ1v) is 10.3. The van der Waals surface area contributed by atoms with Crippen LogP contribution in [0.3, 0.4) is 0 Å². The minimum atomic E-state index is -1.20. The van der Waals surface area contributed by atoms with E-state index in [0.717, 1.165) is 11.7 Å². The number of nitrogens with zero attached hydrogens (tertiary/aromatic N) is 2. The number of aliphatic hydroxyl groups excluding tert-OH is 2. The first-order valence-electron chi connectivity index (χ1n) is 7.29. The lowest BCUT2D eigenvalue weighted by Gasteiger charge is -2.31. The van der Waals surface area contributed by atoms with Crippen molar-refractivity contribution >= 4 is 19.0 Å². The number of hydrogen-bond acceptors (Lipinski definition) is 6. The van der Waals surface area contributed by atoms with Crippen LogP contribution in [0.5, 0.6) is 0 Å². The highest BCUT2D eigenvalue weighted by molar-refractivity contribution is 7.72. The topological polar surface area (TPSA) is 91.3 Å². The second-order valence-electron chi connectivity index (χ2n) is 6.63. The van der Waals surface area contributed by atoms with Crippen LogP contribution in [0, 0.1) is 0 Å². The standard InChI is InChI=1S/C15H26N3O3P/c1-9-8-18(10(2)17-14(9)16)15-13(20)12(19)11(21-15)6-7-22(3,4)5/h8,11-13,15,19-20H,2-3,6-7H2,1,4-5H3,(H2,16,17)/t11?,12-,13-,15-/m1/s1. The molecule has 2 aliphatic rings. The largest absolute Gasteiger partial charge is 0.388 e. The van der Waals surface area contributed by atoms with Gasteiger partial charge in [-0.25, -0.2) is 4.99 Å². The summed E-state index contributed by atoms with van der Waals surface area (Å²) < 4.78 is 5.88. The minimum Gasteiger partial charge on any atom is -0.388 e. The summed E-state index contributed by atoms with van der Waals surface area (Å²) >= 11 is 0. The lowest BCUT2D eigenvalue weighted by Crippen LogP contribution is -2.42. The number of amidine groups is 1. The van der Waals surface area contributed by atoms with Crippen LogP contribution in [0.4, 0.5) is 0 Å². The molecule has 0 aliphatic carbocycles. The van der Waals surface area contributed by atoms with E-state index in [9.17, 15) is 10.2 Å². The van der Waals surface area contributed by atoms with Crippen molar-refractivity contribution in [2.24, 2.45) is 10.7 Å². The fraction of sp³-hybridized carbons (Fsp3) is 0.600. The highest BCUT2D eigenvalue weighted by Gasteiger charge is 2.45. The van der Waals surface area contributed by atoms with E-state index in [0.29, 0.717) is 18.1 Å². The van der Waals surface area contributed by atoms with Crippen LogP contribution >= 0.6 is 6.89 Å². The quantitative estimate of drug-likeness (QED) is 0.657. The maximum absolute atomic E-state index is 10.3. The lowest BCUT2D eigenvalue weighted by atomic mass is 10.1. The number of ether oxygens (including phenoxy) is 1. The second-order valence-corrected chi connectivity index (χ2v) is 10.9. The van der Waals surface area contributed by atoms with Gasteiger partial charge in [-0.2, -0.15) is 0 Å². The molecule has 0 radical (unpaired) electrons. The minimum absolute atomic E-state index is 0.394. The van der Waals surface area contributed by atoms with E-state index in [1.54, 1.807) is 11.1 Å². The third-order valence-electron chi connectivity index (χ3n) is 3.91. The molecule has 0 amide bonds. The molecule has 2 rings (SSSR count). The monoisotopic (exact) mass is 327 g/mol. The van der Waals surface area contributed by atoms with E-state index < -0.39 is 31.4 Å². The number of rotatable bonds is 4. The van der Waals surface area contributed by atoms with Crippen LogP contribution in [0.1, 0.15) is 13.3 Å². The molecule has 7 heteroatoms. The molecule has 1 fully saturated rings. The Hall–Kier alpha value is -1.07. The van der Waals surface area contributed by atoms with Gasteiger partial charge in [0.2, 0.25) is 0 Å². The average Bonchev–Trinajstić information content (AvgIpc) is 2.68. The molecule has 0 saturated carbocycles. The van der Waals surface area contributed by atoms with Gasteiger partial charge in [-0.1, -0.05) is 6.58 Å². The molecule has 0 aromatic carbocycles. The summed E-state index contributed by atoms with van der Waals surface area (Å²) in [6.45, 7) is 8.73. The third kappa shape index (κ3) is 3.63. The predicted octanol–water partition coefficient (Wildman–Crippen LogP) is 0.580. The molecular weight excluding hydrogens is 301 g/mol. The summed E-state index contributed by atoms with van der Waals surface area (Å²) in [6.07, 6.45) is 4.41. The van der Waals surface area contributed by atoms with Crippen molar-refractivity contribution in [2.75, 3.05) is 19.5 Å². The molecule has 2 aliphatic heterocycles. The Morgan fingerprint density at radius 1 is 1.41 bits per heavy atom. The number of aliphatic imine (C=N–C) groups is 1. The van der Waals surface area contributed by atoms with Crippen LogP contribution in [-0.2, 0) is 4.74 Å². The Balaban J connectivity index is 2.10. The smallest absolute Gasteiger partial charge is 0.164 e. The van der Waals surface area contributed by atoms with Crippen LogP contribution in [0.25, 0.3) is 0 Å². The van der Waals surface area contributed by atoms with Gasteiger partial charge in [0.1, 0.15) is 23.9 Å². The first-order chi connectivity index (χ1) is 10.1.